The number of nitrogens with zero attached hydrogens (tertiary/aromatic N) is 2. The highest BCUT2D eigenvalue weighted by Crippen LogP contribution is 2.29. The number of anilines is 1. The Morgan fingerprint density at radius 3 is 2.32 bits per heavy atom. The van der Waals surface area contributed by atoms with Crippen molar-refractivity contribution in [3.63, 3.8) is 0 Å². The molecule has 156 valence electrons. The molecule has 0 aromatic heterocycles. The number of benzene rings is 1. The highest BCUT2D eigenvalue weighted by atomic mass is 32.2. The predicted molar refractivity (Wildman–Crippen MR) is 111 cm³/mol. The van der Waals surface area contributed by atoms with Gasteiger partial charge < -0.3 is 15.1 Å². The van der Waals surface area contributed by atoms with Gasteiger partial charge in [0.2, 0.25) is 0 Å². The van der Waals surface area contributed by atoms with Gasteiger partial charge in [-0.05, 0) is 37.6 Å². The first-order valence-electron chi connectivity index (χ1n) is 9.47. The number of rotatable bonds is 5. The van der Waals surface area contributed by atoms with E-state index in [-0.39, 0.29) is 16.9 Å². The Morgan fingerprint density at radius 2 is 1.79 bits per heavy atom. The van der Waals surface area contributed by atoms with Gasteiger partial charge in [0.15, 0.2) is 9.84 Å². The molecule has 0 aliphatic carbocycles. The molecule has 8 heteroatoms. The second-order valence-corrected chi connectivity index (χ2v) is 10.8. The molecule has 0 saturated carbocycles. The Kier molecular flexibility index (Phi) is 6.88. The van der Waals surface area contributed by atoms with E-state index in [1.165, 1.54) is 4.90 Å². The lowest BCUT2D eigenvalue weighted by atomic mass is 9.86. The van der Waals surface area contributed by atoms with Crippen LogP contribution in [-0.2, 0) is 24.8 Å². The van der Waals surface area contributed by atoms with E-state index in [0.717, 1.165) is 5.56 Å². The van der Waals surface area contributed by atoms with Gasteiger partial charge in [-0.25, -0.2) is 8.42 Å². The van der Waals surface area contributed by atoms with Crippen LogP contribution in [0.5, 0.6) is 0 Å². The van der Waals surface area contributed by atoms with Crippen LogP contribution in [0.4, 0.5) is 5.69 Å². The number of sulfone groups is 1. The third kappa shape index (κ3) is 5.78. The maximum absolute atomic E-state index is 12.9. The van der Waals surface area contributed by atoms with Crippen LogP contribution in [0.2, 0.25) is 0 Å². The van der Waals surface area contributed by atoms with E-state index >= 15 is 0 Å². The third-order valence-electron chi connectivity index (χ3n) is 4.88. The van der Waals surface area contributed by atoms with Crippen molar-refractivity contribution in [1.82, 2.24) is 9.80 Å². The lowest BCUT2D eigenvalue weighted by Crippen LogP contribution is -2.49. The van der Waals surface area contributed by atoms with Gasteiger partial charge in [-0.15, -0.1) is 0 Å². The Labute approximate surface area is 168 Å². The van der Waals surface area contributed by atoms with Gasteiger partial charge in [0.25, 0.3) is 0 Å². The summed E-state index contributed by atoms with van der Waals surface area (Å²) < 4.78 is 23.7. The molecule has 1 saturated heterocycles. The molecule has 1 aliphatic heterocycles. The summed E-state index contributed by atoms with van der Waals surface area (Å²) in [5.41, 5.74) is 1.33. The monoisotopic (exact) mass is 409 g/mol. The van der Waals surface area contributed by atoms with Crippen molar-refractivity contribution in [1.29, 1.82) is 0 Å². The van der Waals surface area contributed by atoms with Crippen LogP contribution >= 0.6 is 0 Å². The molecular weight excluding hydrogens is 378 g/mol. The van der Waals surface area contributed by atoms with Crippen molar-refractivity contribution >= 4 is 27.3 Å². The molecule has 1 aromatic carbocycles. The van der Waals surface area contributed by atoms with Gasteiger partial charge in [0.05, 0.1) is 11.5 Å². The number of hydrogen-bond acceptors (Lipinski definition) is 5. The van der Waals surface area contributed by atoms with E-state index in [1.807, 2.05) is 58.0 Å². The first-order chi connectivity index (χ1) is 12.9. The molecule has 1 fully saturated rings. The summed E-state index contributed by atoms with van der Waals surface area (Å²) in [6, 6.07) is 6.94. The van der Waals surface area contributed by atoms with Gasteiger partial charge in [-0.3, -0.25) is 9.59 Å². The largest absolute Gasteiger partial charge is 0.329 e. The SMILES string of the molecule is CN(C)CCN(C(=O)C(=O)Nc1ccccc1C(C)(C)C)C1CCS(=O)(=O)C1. The summed E-state index contributed by atoms with van der Waals surface area (Å²) in [7, 11) is 0.575. The average Bonchev–Trinajstić information content (AvgIpc) is 2.93. The molecule has 1 aromatic rings. The molecule has 1 aliphatic rings. The molecule has 1 unspecified atom stereocenters. The molecule has 2 rings (SSSR count). The average molecular weight is 410 g/mol. The predicted octanol–water partition coefficient (Wildman–Crippen LogP) is 1.50. The van der Waals surface area contributed by atoms with Crippen LogP contribution in [0.15, 0.2) is 24.3 Å². The van der Waals surface area contributed by atoms with Crippen LogP contribution in [-0.4, -0.2) is 74.8 Å². The third-order valence-corrected chi connectivity index (χ3v) is 6.63. The van der Waals surface area contributed by atoms with E-state index in [0.29, 0.717) is 25.2 Å². The number of amides is 2. The Hall–Kier alpha value is -1.93. The van der Waals surface area contributed by atoms with Crippen LogP contribution < -0.4 is 5.32 Å². The van der Waals surface area contributed by atoms with Gasteiger partial charge in [-0.1, -0.05) is 39.0 Å². The van der Waals surface area contributed by atoms with Crippen LogP contribution in [0.1, 0.15) is 32.8 Å². The highest BCUT2D eigenvalue weighted by Gasteiger charge is 2.37. The standard InChI is InChI=1S/C20H31N3O4S/c1-20(2,3)16-8-6-7-9-17(16)21-18(24)19(25)23(12-11-22(4)5)15-10-13-28(26,27)14-15/h6-9,15H,10-14H2,1-5H3,(H,21,24). The van der Waals surface area contributed by atoms with Crippen LogP contribution in [0.25, 0.3) is 0 Å². The fourth-order valence-corrected chi connectivity index (χ4v) is 5.06. The molecule has 7 nitrogen and oxygen atoms in total. The minimum absolute atomic E-state index is 0.0535. The lowest BCUT2D eigenvalue weighted by Gasteiger charge is -2.29. The lowest BCUT2D eigenvalue weighted by molar-refractivity contribution is -0.144. The van der Waals surface area contributed by atoms with Crippen molar-refractivity contribution in [2.75, 3.05) is 44.0 Å². The second-order valence-electron chi connectivity index (χ2n) is 8.61. The first-order valence-corrected chi connectivity index (χ1v) is 11.3. The van der Waals surface area contributed by atoms with E-state index in [1.54, 1.807) is 6.07 Å². The molecule has 1 heterocycles. The quantitative estimate of drug-likeness (QED) is 0.745. The Balaban J connectivity index is 2.21. The summed E-state index contributed by atoms with van der Waals surface area (Å²) in [5.74, 6) is -1.46. The number of nitrogens with one attached hydrogen (secondary N) is 1. The second kappa shape index (κ2) is 8.61. The van der Waals surface area contributed by atoms with Crippen LogP contribution in [0, 0.1) is 0 Å². The van der Waals surface area contributed by atoms with Crippen molar-refractivity contribution in [2.45, 2.75) is 38.6 Å². The number of likely N-dealkylation sites (N-methyl/N-ethyl adjacent to an activating group) is 1. The van der Waals surface area contributed by atoms with Gasteiger partial charge in [0.1, 0.15) is 0 Å². The molecule has 0 radical (unpaired) electrons. The number of para-hydroxylation sites is 1. The first kappa shape index (κ1) is 22.4. The normalized spacial score (nSPS) is 18.9. The summed E-state index contributed by atoms with van der Waals surface area (Å²) in [4.78, 5) is 29.0. The topological polar surface area (TPSA) is 86.8 Å². The number of hydrogen-bond donors (Lipinski definition) is 1. The zero-order valence-corrected chi connectivity index (χ0v) is 18.2. The van der Waals surface area contributed by atoms with Crippen molar-refractivity contribution in [3.05, 3.63) is 29.8 Å². The van der Waals surface area contributed by atoms with E-state index in [2.05, 4.69) is 5.32 Å². The maximum atomic E-state index is 12.9. The Morgan fingerprint density at radius 1 is 1.14 bits per heavy atom. The number of carbonyl (C=O) groups excluding carboxylic acids is 2. The molecule has 0 spiro atoms. The van der Waals surface area contributed by atoms with Gasteiger partial charge in [0, 0.05) is 24.8 Å². The Bertz CT molecular complexity index is 828. The zero-order valence-electron chi connectivity index (χ0n) is 17.4. The smallest absolute Gasteiger partial charge is 0.313 e. The summed E-state index contributed by atoms with van der Waals surface area (Å²) in [6.07, 6.45) is 0.368. The highest BCUT2D eigenvalue weighted by molar-refractivity contribution is 7.91. The zero-order chi connectivity index (χ0) is 21.1. The fourth-order valence-electron chi connectivity index (χ4n) is 3.33. The van der Waals surface area contributed by atoms with Crippen LogP contribution in [0.3, 0.4) is 0 Å². The van der Waals surface area contributed by atoms with Gasteiger partial charge >= 0.3 is 11.8 Å². The van der Waals surface area contributed by atoms with E-state index in [4.69, 9.17) is 0 Å². The van der Waals surface area contributed by atoms with Crippen molar-refractivity contribution < 1.29 is 18.0 Å². The van der Waals surface area contributed by atoms with E-state index in [9.17, 15) is 18.0 Å². The molecule has 0 bridgehead atoms. The number of carbonyl (C=O) groups is 2. The van der Waals surface area contributed by atoms with Gasteiger partial charge in [-0.2, -0.15) is 0 Å². The summed E-state index contributed by atoms with van der Waals surface area (Å²) in [6.45, 7) is 6.96. The molecule has 28 heavy (non-hydrogen) atoms. The minimum atomic E-state index is -3.16. The summed E-state index contributed by atoms with van der Waals surface area (Å²) >= 11 is 0. The van der Waals surface area contributed by atoms with Crippen molar-refractivity contribution in [3.8, 4) is 0 Å². The van der Waals surface area contributed by atoms with E-state index < -0.39 is 27.7 Å². The van der Waals surface area contributed by atoms with Crippen molar-refractivity contribution in [2.24, 2.45) is 0 Å². The molecule has 2 amide bonds. The fraction of sp³-hybridized carbons (Fsp3) is 0.600. The molecule has 1 atom stereocenters. The minimum Gasteiger partial charge on any atom is -0.329 e. The molecule has 1 N–H and O–H groups in total. The molecular formula is C20H31N3O4S. The maximum Gasteiger partial charge on any atom is 0.313 e. The summed E-state index contributed by atoms with van der Waals surface area (Å²) in [5, 5.41) is 2.74.